The summed E-state index contributed by atoms with van der Waals surface area (Å²) in [5, 5.41) is 1.07. The second-order valence-corrected chi connectivity index (χ2v) is 5.84. The molecule has 3 rings (SSSR count). The predicted molar refractivity (Wildman–Crippen MR) is 90.5 cm³/mol. The van der Waals surface area contributed by atoms with Crippen molar-refractivity contribution in [3.8, 4) is 11.6 Å². The molecule has 1 heterocycles. The van der Waals surface area contributed by atoms with E-state index in [1.54, 1.807) is 0 Å². The summed E-state index contributed by atoms with van der Waals surface area (Å²) in [5.74, 6) is 1.78. The maximum atomic E-state index is 6.02. The average Bonchev–Trinajstić information content (AvgIpc) is 2.46. The normalized spacial score (nSPS) is 10.7. The smallest absolute Gasteiger partial charge is 0.220 e. The molecule has 0 unspecified atom stereocenters. The summed E-state index contributed by atoms with van der Waals surface area (Å²) >= 11 is 8.28. The van der Waals surface area contributed by atoms with Gasteiger partial charge in [-0.05, 0) is 52.4 Å². The van der Waals surface area contributed by atoms with Crippen molar-refractivity contribution in [2.75, 3.05) is 0 Å². The number of hydrogen-bond donors (Lipinski definition) is 0. The summed E-state index contributed by atoms with van der Waals surface area (Å²) in [4.78, 5) is 4.53. The SMILES string of the molecule is ClCc1cc(Oc2cccc(I)c2)nc2ccccc12. The van der Waals surface area contributed by atoms with Crippen molar-refractivity contribution in [3.05, 3.63) is 63.7 Å². The molecule has 100 valence electrons. The molecule has 4 heteroatoms. The van der Waals surface area contributed by atoms with E-state index in [9.17, 15) is 0 Å². The Labute approximate surface area is 135 Å². The fourth-order valence-electron chi connectivity index (χ4n) is 2.03. The summed E-state index contributed by atoms with van der Waals surface area (Å²) in [6.07, 6.45) is 0. The highest BCUT2D eigenvalue weighted by atomic mass is 127. The third-order valence-corrected chi connectivity index (χ3v) is 3.90. The Hall–Kier alpha value is -1.33. The summed E-state index contributed by atoms with van der Waals surface area (Å²) in [6, 6.07) is 17.7. The highest BCUT2D eigenvalue weighted by Gasteiger charge is 2.06. The number of pyridine rings is 1. The third kappa shape index (κ3) is 2.88. The predicted octanol–water partition coefficient (Wildman–Crippen LogP) is 5.37. The standard InChI is InChI=1S/C16H11ClINO/c17-10-11-8-16(19-15-7-2-1-6-14(11)15)20-13-5-3-4-12(18)9-13/h1-9H,10H2. The van der Waals surface area contributed by atoms with E-state index in [4.69, 9.17) is 16.3 Å². The van der Waals surface area contributed by atoms with Crippen molar-refractivity contribution >= 4 is 45.1 Å². The van der Waals surface area contributed by atoms with Gasteiger partial charge < -0.3 is 4.74 Å². The molecule has 0 radical (unpaired) electrons. The van der Waals surface area contributed by atoms with Crippen LogP contribution in [0.2, 0.25) is 0 Å². The molecular weight excluding hydrogens is 385 g/mol. The molecule has 0 amide bonds. The zero-order chi connectivity index (χ0) is 13.9. The first-order valence-electron chi connectivity index (χ1n) is 6.14. The van der Waals surface area contributed by atoms with Gasteiger partial charge in [-0.15, -0.1) is 11.6 Å². The van der Waals surface area contributed by atoms with Crippen molar-refractivity contribution in [1.82, 2.24) is 4.98 Å². The van der Waals surface area contributed by atoms with Crippen LogP contribution in [0.1, 0.15) is 5.56 Å². The van der Waals surface area contributed by atoms with Crippen LogP contribution in [-0.2, 0) is 5.88 Å². The maximum absolute atomic E-state index is 6.02. The molecule has 0 atom stereocenters. The van der Waals surface area contributed by atoms with Gasteiger partial charge in [0.05, 0.1) is 5.52 Å². The van der Waals surface area contributed by atoms with E-state index >= 15 is 0 Å². The van der Waals surface area contributed by atoms with E-state index in [2.05, 4.69) is 27.6 Å². The zero-order valence-corrected chi connectivity index (χ0v) is 13.4. The van der Waals surface area contributed by atoms with Crippen LogP contribution in [0.4, 0.5) is 0 Å². The van der Waals surface area contributed by atoms with E-state index in [1.165, 1.54) is 0 Å². The first kappa shape index (κ1) is 13.6. The Morgan fingerprint density at radius 1 is 1.05 bits per heavy atom. The molecule has 0 aliphatic heterocycles. The first-order valence-corrected chi connectivity index (χ1v) is 7.75. The van der Waals surface area contributed by atoms with E-state index < -0.39 is 0 Å². The number of alkyl halides is 1. The second-order valence-electron chi connectivity index (χ2n) is 4.33. The molecular formula is C16H11ClINO. The van der Waals surface area contributed by atoms with Crippen molar-refractivity contribution in [1.29, 1.82) is 0 Å². The summed E-state index contributed by atoms with van der Waals surface area (Å²) in [7, 11) is 0. The fourth-order valence-corrected chi connectivity index (χ4v) is 2.77. The van der Waals surface area contributed by atoms with Gasteiger partial charge in [0.15, 0.2) is 0 Å². The van der Waals surface area contributed by atoms with Crippen molar-refractivity contribution in [2.24, 2.45) is 0 Å². The van der Waals surface area contributed by atoms with E-state index in [-0.39, 0.29) is 0 Å². The Morgan fingerprint density at radius 2 is 1.90 bits per heavy atom. The van der Waals surface area contributed by atoms with Crippen LogP contribution in [0.15, 0.2) is 54.6 Å². The molecule has 0 fully saturated rings. The number of halogens is 2. The summed E-state index contributed by atoms with van der Waals surface area (Å²) in [6.45, 7) is 0. The third-order valence-electron chi connectivity index (χ3n) is 2.94. The maximum Gasteiger partial charge on any atom is 0.220 e. The van der Waals surface area contributed by atoms with Gasteiger partial charge in [0.1, 0.15) is 5.75 Å². The summed E-state index contributed by atoms with van der Waals surface area (Å²) < 4.78 is 6.96. The fraction of sp³-hybridized carbons (Fsp3) is 0.0625. The van der Waals surface area contributed by atoms with Gasteiger partial charge in [-0.2, -0.15) is 0 Å². The number of fused-ring (bicyclic) bond motifs is 1. The molecule has 2 nitrogen and oxygen atoms in total. The number of aromatic nitrogens is 1. The van der Waals surface area contributed by atoms with E-state index in [1.807, 2.05) is 54.6 Å². The van der Waals surface area contributed by atoms with Crippen LogP contribution in [0.5, 0.6) is 11.6 Å². The number of hydrogen-bond acceptors (Lipinski definition) is 2. The topological polar surface area (TPSA) is 22.1 Å². The molecule has 0 N–H and O–H groups in total. The van der Waals surface area contributed by atoms with Gasteiger partial charge in [0.25, 0.3) is 0 Å². The number of rotatable bonds is 3. The lowest BCUT2D eigenvalue weighted by Crippen LogP contribution is -1.92. The van der Waals surface area contributed by atoms with Gasteiger partial charge >= 0.3 is 0 Å². The Balaban J connectivity index is 2.03. The lowest BCUT2D eigenvalue weighted by atomic mass is 10.1. The number of benzene rings is 2. The largest absolute Gasteiger partial charge is 0.439 e. The highest BCUT2D eigenvalue weighted by molar-refractivity contribution is 14.1. The molecule has 3 aromatic rings. The van der Waals surface area contributed by atoms with Crippen LogP contribution in [-0.4, -0.2) is 4.98 Å². The van der Waals surface area contributed by atoms with Crippen LogP contribution >= 0.6 is 34.2 Å². The quantitative estimate of drug-likeness (QED) is 0.439. The molecule has 20 heavy (non-hydrogen) atoms. The van der Waals surface area contributed by atoms with Crippen molar-refractivity contribution in [2.45, 2.75) is 5.88 Å². The Morgan fingerprint density at radius 3 is 2.70 bits per heavy atom. The van der Waals surface area contributed by atoms with Crippen LogP contribution in [0.3, 0.4) is 0 Å². The minimum Gasteiger partial charge on any atom is -0.439 e. The average molecular weight is 396 g/mol. The molecule has 0 saturated carbocycles. The summed E-state index contributed by atoms with van der Waals surface area (Å²) in [5.41, 5.74) is 1.92. The van der Waals surface area contributed by atoms with Crippen molar-refractivity contribution < 1.29 is 4.74 Å². The minimum absolute atomic E-state index is 0.436. The first-order chi connectivity index (χ1) is 9.76. The lowest BCUT2D eigenvalue weighted by molar-refractivity contribution is 0.464. The zero-order valence-electron chi connectivity index (χ0n) is 10.5. The minimum atomic E-state index is 0.436. The molecule has 0 spiro atoms. The molecule has 0 saturated heterocycles. The highest BCUT2D eigenvalue weighted by Crippen LogP contribution is 2.27. The second kappa shape index (κ2) is 5.97. The molecule has 1 aromatic heterocycles. The molecule has 0 bridgehead atoms. The molecule has 0 aliphatic carbocycles. The van der Waals surface area contributed by atoms with Gasteiger partial charge in [-0.3, -0.25) is 0 Å². The number of ether oxygens (including phenoxy) is 1. The monoisotopic (exact) mass is 395 g/mol. The molecule has 2 aromatic carbocycles. The number of para-hydroxylation sites is 1. The van der Waals surface area contributed by atoms with Gasteiger partial charge in [-0.25, -0.2) is 4.98 Å². The number of nitrogens with zero attached hydrogens (tertiary/aromatic N) is 1. The Kier molecular flexibility index (Phi) is 4.08. The van der Waals surface area contributed by atoms with Crippen LogP contribution in [0, 0.1) is 3.57 Å². The van der Waals surface area contributed by atoms with Gasteiger partial charge in [0, 0.05) is 20.9 Å². The molecule has 0 aliphatic rings. The lowest BCUT2D eigenvalue weighted by Gasteiger charge is -2.09. The van der Waals surface area contributed by atoms with Crippen LogP contribution < -0.4 is 4.74 Å². The Bertz CT molecular complexity index is 760. The van der Waals surface area contributed by atoms with Gasteiger partial charge in [0.2, 0.25) is 5.88 Å². The van der Waals surface area contributed by atoms with Gasteiger partial charge in [-0.1, -0.05) is 24.3 Å². The van der Waals surface area contributed by atoms with Crippen LogP contribution in [0.25, 0.3) is 10.9 Å². The van der Waals surface area contributed by atoms with E-state index in [0.717, 1.165) is 25.8 Å². The van der Waals surface area contributed by atoms with E-state index in [0.29, 0.717) is 11.8 Å². The van der Waals surface area contributed by atoms with Crippen molar-refractivity contribution in [3.63, 3.8) is 0 Å².